The lowest BCUT2D eigenvalue weighted by molar-refractivity contribution is 0.0687. The molecule has 0 aliphatic heterocycles. The summed E-state index contributed by atoms with van der Waals surface area (Å²) in [7, 11) is 0. The minimum absolute atomic E-state index is 0.103. The highest BCUT2D eigenvalue weighted by molar-refractivity contribution is 8.00. The second-order valence-corrected chi connectivity index (χ2v) is 6.78. The Hall–Kier alpha value is -1.08. The molecular weight excluding hydrogens is 296 g/mol. The number of carboxylic acids is 1. The highest BCUT2D eigenvalue weighted by Crippen LogP contribution is 2.32. The van der Waals surface area contributed by atoms with Gasteiger partial charge in [0.15, 0.2) is 16.6 Å². The van der Waals surface area contributed by atoms with E-state index >= 15 is 0 Å². The summed E-state index contributed by atoms with van der Waals surface area (Å²) < 4.78 is 0.103. The topological polar surface area (TPSA) is 79.3 Å². The van der Waals surface area contributed by atoms with Gasteiger partial charge in [-0.05, 0) is 19.1 Å². The predicted molar refractivity (Wildman–Crippen MR) is 84.4 cm³/mol. The first-order valence-corrected chi connectivity index (χ1v) is 8.47. The third kappa shape index (κ3) is 3.73. The van der Waals surface area contributed by atoms with Gasteiger partial charge in [0.05, 0.1) is 0 Å². The molecule has 0 aromatic carbocycles. The standard InChI is InChI=1S/C13H20N2O3S2/c1-5-13(6-2,19-4)7-14-12-15-9(11(17)18)10(20-12)8(3)16/h5-7H2,1-4H3,(H,14,15)(H,17,18). The highest BCUT2D eigenvalue weighted by Gasteiger charge is 2.26. The van der Waals surface area contributed by atoms with Crippen LogP contribution in [-0.4, -0.2) is 39.4 Å². The summed E-state index contributed by atoms with van der Waals surface area (Å²) in [5.41, 5.74) is -0.159. The van der Waals surface area contributed by atoms with Crippen LogP contribution in [0.25, 0.3) is 0 Å². The molecule has 2 N–H and O–H groups in total. The van der Waals surface area contributed by atoms with Gasteiger partial charge < -0.3 is 10.4 Å². The maximum atomic E-state index is 11.4. The Bertz CT molecular complexity index is 456. The van der Waals surface area contributed by atoms with Gasteiger partial charge in [0.25, 0.3) is 0 Å². The number of anilines is 1. The molecule has 1 rings (SSSR count). The van der Waals surface area contributed by atoms with Crippen molar-refractivity contribution in [2.45, 2.75) is 38.4 Å². The molecule has 0 saturated carbocycles. The zero-order valence-electron chi connectivity index (χ0n) is 12.1. The Morgan fingerprint density at radius 1 is 1.40 bits per heavy atom. The number of hydrogen-bond donors (Lipinski definition) is 2. The first-order chi connectivity index (χ1) is 9.39. The summed E-state index contributed by atoms with van der Waals surface area (Å²) in [6.07, 6.45) is 4.09. The van der Waals surface area contributed by atoms with Crippen LogP contribution in [0.2, 0.25) is 0 Å². The fourth-order valence-corrected chi connectivity index (χ4v) is 3.52. The van der Waals surface area contributed by atoms with Crippen molar-refractivity contribution in [3.8, 4) is 0 Å². The van der Waals surface area contributed by atoms with E-state index in [1.807, 2.05) is 0 Å². The summed E-state index contributed by atoms with van der Waals surface area (Å²) in [5.74, 6) is -1.43. The number of ketones is 1. The number of carbonyl (C=O) groups is 2. The number of aromatic carboxylic acids is 1. The van der Waals surface area contributed by atoms with Gasteiger partial charge in [-0.3, -0.25) is 4.79 Å². The lowest BCUT2D eigenvalue weighted by Crippen LogP contribution is -2.31. The van der Waals surface area contributed by atoms with Gasteiger partial charge in [-0.25, -0.2) is 9.78 Å². The number of hydrogen-bond acceptors (Lipinski definition) is 6. The van der Waals surface area contributed by atoms with E-state index in [0.29, 0.717) is 11.7 Å². The molecule has 0 aliphatic carbocycles. The molecule has 0 amide bonds. The largest absolute Gasteiger partial charge is 0.476 e. The zero-order chi connectivity index (χ0) is 15.3. The molecule has 112 valence electrons. The molecule has 1 aromatic heterocycles. The fourth-order valence-electron chi connectivity index (χ4n) is 1.88. The number of nitrogens with one attached hydrogen (secondary N) is 1. The second kappa shape index (κ2) is 7.08. The normalized spacial score (nSPS) is 11.4. The van der Waals surface area contributed by atoms with Gasteiger partial charge in [0.1, 0.15) is 4.88 Å². The molecule has 5 nitrogen and oxygen atoms in total. The first kappa shape index (κ1) is 17.0. The molecule has 0 saturated heterocycles. The number of nitrogens with zero attached hydrogens (tertiary/aromatic N) is 1. The van der Waals surface area contributed by atoms with Crippen LogP contribution in [0.3, 0.4) is 0 Å². The summed E-state index contributed by atoms with van der Waals surface area (Å²) in [5, 5.41) is 12.7. The van der Waals surface area contributed by atoms with Crippen LogP contribution in [0.4, 0.5) is 5.13 Å². The lowest BCUT2D eigenvalue weighted by Gasteiger charge is -2.29. The van der Waals surface area contributed by atoms with Crippen molar-refractivity contribution in [3.63, 3.8) is 0 Å². The Balaban J connectivity index is 2.91. The van der Waals surface area contributed by atoms with Crippen molar-refractivity contribution in [2.75, 3.05) is 18.1 Å². The Morgan fingerprint density at radius 2 is 2.00 bits per heavy atom. The Kier molecular flexibility index (Phi) is 6.01. The fraction of sp³-hybridized carbons (Fsp3) is 0.615. The second-order valence-electron chi connectivity index (χ2n) is 4.51. The third-order valence-corrected chi connectivity index (χ3v) is 6.13. The van der Waals surface area contributed by atoms with Crippen LogP contribution in [0.15, 0.2) is 0 Å². The minimum Gasteiger partial charge on any atom is -0.476 e. The van der Waals surface area contributed by atoms with Crippen molar-refractivity contribution >= 4 is 40.0 Å². The van der Waals surface area contributed by atoms with Crippen molar-refractivity contribution in [1.29, 1.82) is 0 Å². The van der Waals surface area contributed by atoms with Gasteiger partial charge in [0, 0.05) is 18.2 Å². The van der Waals surface area contributed by atoms with E-state index < -0.39 is 5.97 Å². The van der Waals surface area contributed by atoms with Gasteiger partial charge in [-0.15, -0.1) is 0 Å². The summed E-state index contributed by atoms with van der Waals surface area (Å²) in [4.78, 5) is 26.7. The van der Waals surface area contributed by atoms with Gasteiger partial charge in [0.2, 0.25) is 0 Å². The van der Waals surface area contributed by atoms with E-state index in [-0.39, 0.29) is 21.1 Å². The molecule has 0 unspecified atom stereocenters. The predicted octanol–water partition coefficient (Wildman–Crippen LogP) is 3.38. The number of carboxylic acid groups (broad SMARTS) is 1. The Labute approximate surface area is 127 Å². The van der Waals surface area contributed by atoms with E-state index in [1.54, 1.807) is 11.8 Å². The van der Waals surface area contributed by atoms with Crippen LogP contribution in [0, 0.1) is 0 Å². The molecule has 0 aliphatic rings. The van der Waals surface area contributed by atoms with Crippen molar-refractivity contribution in [2.24, 2.45) is 0 Å². The average molecular weight is 316 g/mol. The summed E-state index contributed by atoms with van der Waals surface area (Å²) in [6, 6.07) is 0. The van der Waals surface area contributed by atoms with Crippen LogP contribution in [-0.2, 0) is 0 Å². The summed E-state index contributed by atoms with van der Waals surface area (Å²) in [6.45, 7) is 6.32. The number of thiazole rings is 1. The SMILES string of the molecule is CCC(CC)(CNc1nc(C(=O)O)c(C(C)=O)s1)SC. The molecule has 1 heterocycles. The first-order valence-electron chi connectivity index (χ1n) is 6.43. The quantitative estimate of drug-likeness (QED) is 0.716. The molecule has 0 bridgehead atoms. The number of Topliss-reactive ketones (excluding diaryl/α,β-unsaturated/α-hetero) is 1. The maximum Gasteiger partial charge on any atom is 0.356 e. The third-order valence-electron chi connectivity index (χ3n) is 3.43. The van der Waals surface area contributed by atoms with E-state index in [2.05, 4.69) is 30.4 Å². The molecule has 20 heavy (non-hydrogen) atoms. The molecule has 0 atom stereocenters. The maximum absolute atomic E-state index is 11.4. The van der Waals surface area contributed by atoms with Crippen LogP contribution < -0.4 is 5.32 Å². The zero-order valence-corrected chi connectivity index (χ0v) is 13.8. The van der Waals surface area contributed by atoms with Crippen molar-refractivity contribution in [3.05, 3.63) is 10.6 Å². The average Bonchev–Trinajstić information content (AvgIpc) is 2.86. The van der Waals surface area contributed by atoms with E-state index in [0.717, 1.165) is 24.2 Å². The molecule has 1 aromatic rings. The highest BCUT2D eigenvalue weighted by atomic mass is 32.2. The van der Waals surface area contributed by atoms with E-state index in [1.165, 1.54) is 6.92 Å². The molecule has 0 spiro atoms. The van der Waals surface area contributed by atoms with Crippen LogP contribution in [0.5, 0.6) is 0 Å². The Morgan fingerprint density at radius 3 is 2.35 bits per heavy atom. The number of rotatable bonds is 8. The number of aromatic nitrogens is 1. The van der Waals surface area contributed by atoms with Gasteiger partial charge >= 0.3 is 5.97 Å². The van der Waals surface area contributed by atoms with Crippen molar-refractivity contribution in [1.82, 2.24) is 4.98 Å². The van der Waals surface area contributed by atoms with Gasteiger partial charge in [-0.2, -0.15) is 11.8 Å². The summed E-state index contributed by atoms with van der Waals surface area (Å²) >= 11 is 2.90. The van der Waals surface area contributed by atoms with Crippen LogP contribution >= 0.6 is 23.1 Å². The lowest BCUT2D eigenvalue weighted by atomic mass is 10.0. The van der Waals surface area contributed by atoms with E-state index in [9.17, 15) is 9.59 Å². The molecule has 7 heteroatoms. The van der Waals surface area contributed by atoms with Crippen LogP contribution in [0.1, 0.15) is 53.8 Å². The smallest absolute Gasteiger partial charge is 0.356 e. The van der Waals surface area contributed by atoms with Crippen molar-refractivity contribution < 1.29 is 14.7 Å². The minimum atomic E-state index is -1.17. The van der Waals surface area contributed by atoms with E-state index in [4.69, 9.17) is 5.11 Å². The molecule has 0 radical (unpaired) electrons. The molecule has 0 fully saturated rings. The van der Waals surface area contributed by atoms with Gasteiger partial charge in [-0.1, -0.05) is 25.2 Å². The number of thioether (sulfide) groups is 1. The number of carbonyl (C=O) groups excluding carboxylic acids is 1. The monoisotopic (exact) mass is 316 g/mol. The molecular formula is C13H20N2O3S2.